The second-order valence-electron chi connectivity index (χ2n) is 12.1. The highest BCUT2D eigenvalue weighted by Gasteiger charge is 2.69. The van der Waals surface area contributed by atoms with Crippen LogP contribution in [0, 0.1) is 45.3 Å². The molecule has 0 heterocycles. The molecule has 6 aliphatic rings. The van der Waals surface area contributed by atoms with Gasteiger partial charge >= 0.3 is 0 Å². The molecule has 4 bridgehead atoms. The average Bonchev–Trinajstić information content (AvgIpc) is 2.46. The van der Waals surface area contributed by atoms with Gasteiger partial charge in [0.2, 0.25) is 0 Å². The number of fused-ring (bicyclic) bond motifs is 3. The monoisotopic (exact) mass is 378 g/mol. The second-order valence-corrected chi connectivity index (χ2v) is 12.1. The van der Waals surface area contributed by atoms with E-state index in [9.17, 15) is 0 Å². The summed E-state index contributed by atoms with van der Waals surface area (Å²) < 4.78 is 0. The van der Waals surface area contributed by atoms with Crippen LogP contribution in [0.5, 0.6) is 0 Å². The zero-order chi connectivity index (χ0) is 18.7. The first kappa shape index (κ1) is 25.0. The molecule has 6 fully saturated rings. The Morgan fingerprint density at radius 1 is 0.370 bits per heavy atom. The molecule has 0 heteroatoms. The largest absolute Gasteiger partial charge is 0.0776 e. The van der Waals surface area contributed by atoms with Crippen molar-refractivity contribution >= 4 is 0 Å². The Balaban J connectivity index is 0.000000257. The van der Waals surface area contributed by atoms with Crippen molar-refractivity contribution < 1.29 is 0 Å². The lowest BCUT2D eigenvalue weighted by molar-refractivity contribution is -0.252. The van der Waals surface area contributed by atoms with Crippen LogP contribution in [0.1, 0.15) is 128 Å². The van der Waals surface area contributed by atoms with Crippen LogP contribution in [0.2, 0.25) is 0 Å². The average molecular weight is 379 g/mol. The standard InChI is InChI=1S/C14H26.C11H20.2CH4/c1-11(2)13-5-8-14(9-6-13,10-7-13)12(3)4;1-8(2)10-5-11(6-10,7-10)9(3)4;;/h11-12H,5-10H2,1-4H3;8-9H,5-7H2,1-4H3;2*1H4. The Morgan fingerprint density at radius 2 is 0.556 bits per heavy atom. The lowest BCUT2D eigenvalue weighted by Crippen LogP contribution is -2.66. The minimum absolute atomic E-state index is 0. The van der Waals surface area contributed by atoms with Crippen molar-refractivity contribution in [1.82, 2.24) is 0 Å². The molecular formula is C27H54. The highest BCUT2D eigenvalue weighted by atomic mass is 14.7. The van der Waals surface area contributed by atoms with Gasteiger partial charge in [0.25, 0.3) is 0 Å². The Hall–Kier alpha value is 0. The molecule has 0 amide bonds. The van der Waals surface area contributed by atoms with Crippen molar-refractivity contribution in [2.75, 3.05) is 0 Å². The number of hydrogen-bond acceptors (Lipinski definition) is 0. The summed E-state index contributed by atoms with van der Waals surface area (Å²) in [4.78, 5) is 0. The van der Waals surface area contributed by atoms with Crippen LogP contribution in [0.15, 0.2) is 0 Å². The van der Waals surface area contributed by atoms with E-state index in [1.165, 1.54) is 57.8 Å². The van der Waals surface area contributed by atoms with E-state index < -0.39 is 0 Å². The lowest BCUT2D eigenvalue weighted by Gasteiger charge is -2.75. The van der Waals surface area contributed by atoms with Crippen LogP contribution in [0.25, 0.3) is 0 Å². The molecule has 0 aliphatic heterocycles. The fraction of sp³-hybridized carbons (Fsp3) is 1.00. The summed E-state index contributed by atoms with van der Waals surface area (Å²) in [6, 6.07) is 0. The Kier molecular flexibility index (Phi) is 7.44. The third kappa shape index (κ3) is 3.77. The van der Waals surface area contributed by atoms with E-state index in [0.29, 0.717) is 0 Å². The molecule has 6 rings (SSSR count). The van der Waals surface area contributed by atoms with Crippen LogP contribution < -0.4 is 0 Å². The lowest BCUT2D eigenvalue weighted by atomic mass is 9.30. The fourth-order valence-electron chi connectivity index (χ4n) is 7.15. The van der Waals surface area contributed by atoms with Gasteiger partial charge in [0.15, 0.2) is 0 Å². The maximum absolute atomic E-state index is 2.44. The van der Waals surface area contributed by atoms with Gasteiger partial charge < -0.3 is 0 Å². The molecule has 0 saturated heterocycles. The van der Waals surface area contributed by atoms with Gasteiger partial charge in [0, 0.05) is 0 Å². The minimum atomic E-state index is 0. The molecule has 0 unspecified atom stereocenters. The summed E-state index contributed by atoms with van der Waals surface area (Å²) >= 11 is 0. The van der Waals surface area contributed by atoms with E-state index in [0.717, 1.165) is 45.3 Å². The second kappa shape index (κ2) is 8.02. The van der Waals surface area contributed by atoms with Gasteiger partial charge in [0.1, 0.15) is 0 Å². The van der Waals surface area contributed by atoms with Gasteiger partial charge in [0.05, 0.1) is 0 Å². The summed E-state index contributed by atoms with van der Waals surface area (Å²) in [5.41, 5.74) is 3.11. The van der Waals surface area contributed by atoms with Crippen LogP contribution in [0.3, 0.4) is 0 Å². The summed E-state index contributed by atoms with van der Waals surface area (Å²) in [7, 11) is 0. The first-order valence-electron chi connectivity index (χ1n) is 11.5. The Bertz CT molecular complexity index is 392. The predicted octanol–water partition coefficient (Wildman–Crippen LogP) is 9.38. The van der Waals surface area contributed by atoms with Crippen molar-refractivity contribution in [3.63, 3.8) is 0 Å². The first-order chi connectivity index (χ1) is 11.5. The summed E-state index contributed by atoms with van der Waals surface area (Å²) in [6.07, 6.45) is 13.7. The molecule has 6 saturated carbocycles. The van der Waals surface area contributed by atoms with Gasteiger partial charge in [-0.1, -0.05) is 70.2 Å². The van der Waals surface area contributed by atoms with E-state index in [2.05, 4.69) is 55.4 Å². The van der Waals surface area contributed by atoms with Crippen LogP contribution in [-0.4, -0.2) is 0 Å². The zero-order valence-electron chi connectivity index (χ0n) is 18.7. The van der Waals surface area contributed by atoms with E-state index >= 15 is 0 Å². The molecule has 27 heavy (non-hydrogen) atoms. The fourth-order valence-corrected chi connectivity index (χ4v) is 7.15. The highest BCUT2D eigenvalue weighted by Crippen LogP contribution is 2.78. The molecule has 0 N–H and O–H groups in total. The molecule has 0 nitrogen and oxygen atoms in total. The Labute approximate surface area is 173 Å². The molecular weight excluding hydrogens is 324 g/mol. The zero-order valence-corrected chi connectivity index (χ0v) is 18.7. The van der Waals surface area contributed by atoms with Crippen molar-refractivity contribution in [3.8, 4) is 0 Å². The van der Waals surface area contributed by atoms with Crippen LogP contribution >= 0.6 is 0 Å². The summed E-state index contributed by atoms with van der Waals surface area (Å²) in [5.74, 6) is 3.69. The summed E-state index contributed by atoms with van der Waals surface area (Å²) in [6.45, 7) is 19.3. The molecule has 0 spiro atoms. The third-order valence-electron chi connectivity index (χ3n) is 10.4. The van der Waals surface area contributed by atoms with E-state index in [-0.39, 0.29) is 14.9 Å². The van der Waals surface area contributed by atoms with E-state index in [4.69, 9.17) is 0 Å². The van der Waals surface area contributed by atoms with Crippen molar-refractivity contribution in [2.24, 2.45) is 45.3 Å². The van der Waals surface area contributed by atoms with Crippen molar-refractivity contribution in [1.29, 1.82) is 0 Å². The van der Waals surface area contributed by atoms with Gasteiger partial charge in [-0.05, 0) is 103 Å². The quantitative estimate of drug-likeness (QED) is 0.457. The SMILES string of the molecule is C.C.CC(C)C12CC(C(C)C)(C1)C2.CC(C)C12CCC(C(C)C)(CC1)CC2. The number of hydrogen-bond donors (Lipinski definition) is 0. The minimum Gasteiger partial charge on any atom is -0.0776 e. The van der Waals surface area contributed by atoms with Gasteiger partial charge in [-0.3, -0.25) is 0 Å². The van der Waals surface area contributed by atoms with Crippen molar-refractivity contribution in [2.45, 2.75) is 128 Å². The van der Waals surface area contributed by atoms with E-state index in [1.807, 2.05) is 0 Å². The molecule has 0 atom stereocenters. The molecule has 0 aromatic carbocycles. The highest BCUT2D eigenvalue weighted by molar-refractivity contribution is 5.18. The normalized spacial score (nSPS) is 41.3. The Morgan fingerprint density at radius 3 is 0.704 bits per heavy atom. The third-order valence-corrected chi connectivity index (χ3v) is 10.4. The summed E-state index contributed by atoms with van der Waals surface area (Å²) in [5, 5.41) is 0. The predicted molar refractivity (Wildman–Crippen MR) is 124 cm³/mol. The van der Waals surface area contributed by atoms with Gasteiger partial charge in [-0.25, -0.2) is 0 Å². The van der Waals surface area contributed by atoms with Crippen LogP contribution in [-0.2, 0) is 0 Å². The van der Waals surface area contributed by atoms with E-state index in [1.54, 1.807) is 0 Å². The molecule has 162 valence electrons. The van der Waals surface area contributed by atoms with Crippen LogP contribution in [0.4, 0.5) is 0 Å². The van der Waals surface area contributed by atoms with Gasteiger partial charge in [-0.15, -0.1) is 0 Å². The molecule has 0 radical (unpaired) electrons. The smallest absolute Gasteiger partial charge is 0.0258 e. The first-order valence-corrected chi connectivity index (χ1v) is 11.5. The maximum Gasteiger partial charge on any atom is -0.0258 e. The molecule has 0 aromatic heterocycles. The number of rotatable bonds is 4. The topological polar surface area (TPSA) is 0 Å². The molecule has 6 aliphatic carbocycles. The maximum atomic E-state index is 2.44. The van der Waals surface area contributed by atoms with Crippen molar-refractivity contribution in [3.05, 3.63) is 0 Å². The molecule has 0 aromatic rings. The van der Waals surface area contributed by atoms with Gasteiger partial charge in [-0.2, -0.15) is 0 Å².